The molecule has 0 radical (unpaired) electrons. The lowest BCUT2D eigenvalue weighted by Crippen LogP contribution is -2.22. The maximum Gasteiger partial charge on any atom is 0.170 e. The van der Waals surface area contributed by atoms with Crippen LogP contribution in [0.2, 0.25) is 5.02 Å². The largest absolute Gasteiger partial charge is 0.409 e. The molecule has 5 nitrogen and oxygen atoms in total. The molecule has 0 amide bonds. The quantitative estimate of drug-likeness (QED) is 0.363. The Morgan fingerprint density at radius 1 is 1.59 bits per heavy atom. The molecule has 0 aliphatic carbocycles. The number of hydrogen-bond donors (Lipinski definition) is 2. The first-order valence-corrected chi connectivity index (χ1v) is 5.45. The van der Waals surface area contributed by atoms with Gasteiger partial charge in [-0.2, -0.15) is 0 Å². The lowest BCUT2D eigenvalue weighted by molar-refractivity contribution is 0.206. The minimum absolute atomic E-state index is 0.0398. The predicted octanol–water partition coefficient (Wildman–Crippen LogP) is 1.52. The third-order valence-electron chi connectivity index (χ3n) is 2.39. The van der Waals surface area contributed by atoms with Crippen molar-refractivity contribution in [2.45, 2.75) is 0 Å². The van der Waals surface area contributed by atoms with E-state index in [4.69, 9.17) is 27.3 Å². The molecule has 0 saturated carbocycles. The molecule has 0 aromatic heterocycles. The maximum absolute atomic E-state index is 8.57. The van der Waals surface area contributed by atoms with Gasteiger partial charge in [0.2, 0.25) is 0 Å². The number of halogens is 1. The van der Waals surface area contributed by atoms with E-state index in [0.717, 1.165) is 12.2 Å². The molecule has 17 heavy (non-hydrogen) atoms. The van der Waals surface area contributed by atoms with Crippen molar-refractivity contribution in [2.24, 2.45) is 10.9 Å². The van der Waals surface area contributed by atoms with E-state index in [1.54, 1.807) is 19.2 Å². The summed E-state index contributed by atoms with van der Waals surface area (Å²) in [6.07, 6.45) is 0. The molecule has 0 saturated heterocycles. The molecule has 0 fully saturated rings. The molecular weight excluding hydrogens is 242 g/mol. The van der Waals surface area contributed by atoms with Crippen molar-refractivity contribution < 1.29 is 9.94 Å². The highest BCUT2D eigenvalue weighted by molar-refractivity contribution is 6.33. The number of benzene rings is 1. The molecule has 0 aliphatic heterocycles. The second-order valence-electron chi connectivity index (χ2n) is 3.57. The maximum atomic E-state index is 8.57. The number of likely N-dealkylation sites (N-methyl/N-ethyl adjacent to an activating group) is 1. The van der Waals surface area contributed by atoms with E-state index in [2.05, 4.69) is 5.16 Å². The first-order valence-electron chi connectivity index (χ1n) is 5.07. The van der Waals surface area contributed by atoms with Crippen LogP contribution in [0, 0.1) is 0 Å². The third kappa shape index (κ3) is 3.51. The number of oxime groups is 1. The molecule has 1 aromatic carbocycles. The second kappa shape index (κ2) is 6.32. The van der Waals surface area contributed by atoms with Crippen LogP contribution in [0.4, 0.5) is 5.69 Å². The van der Waals surface area contributed by atoms with Gasteiger partial charge in [-0.15, -0.1) is 0 Å². The summed E-state index contributed by atoms with van der Waals surface area (Å²) in [5.74, 6) is 0.0398. The Balaban J connectivity index is 2.89. The zero-order chi connectivity index (χ0) is 12.8. The van der Waals surface area contributed by atoms with E-state index < -0.39 is 0 Å². The predicted molar refractivity (Wildman–Crippen MR) is 69.1 cm³/mol. The Bertz CT molecular complexity index is 410. The number of ether oxygens (including phenoxy) is 1. The van der Waals surface area contributed by atoms with Crippen LogP contribution in [0.5, 0.6) is 0 Å². The summed E-state index contributed by atoms with van der Waals surface area (Å²) in [4.78, 5) is 1.97. The first-order chi connectivity index (χ1) is 8.10. The molecule has 0 heterocycles. The molecule has 6 heteroatoms. The Kier molecular flexibility index (Phi) is 5.06. The molecule has 0 spiro atoms. The number of rotatable bonds is 5. The fourth-order valence-electron chi connectivity index (χ4n) is 1.38. The van der Waals surface area contributed by atoms with Crippen LogP contribution in [0.25, 0.3) is 0 Å². The fraction of sp³-hybridized carbons (Fsp3) is 0.364. The minimum atomic E-state index is 0.0398. The number of anilines is 1. The van der Waals surface area contributed by atoms with Crippen LogP contribution in [-0.2, 0) is 4.74 Å². The van der Waals surface area contributed by atoms with Crippen molar-refractivity contribution in [1.29, 1.82) is 0 Å². The van der Waals surface area contributed by atoms with E-state index in [9.17, 15) is 0 Å². The number of methoxy groups -OCH3 is 1. The first kappa shape index (κ1) is 13.6. The van der Waals surface area contributed by atoms with Gasteiger partial charge in [0.15, 0.2) is 5.84 Å². The van der Waals surface area contributed by atoms with Gasteiger partial charge in [0.25, 0.3) is 0 Å². The van der Waals surface area contributed by atoms with Gasteiger partial charge < -0.3 is 20.6 Å². The van der Waals surface area contributed by atoms with Crippen molar-refractivity contribution >= 4 is 23.1 Å². The Labute approximate surface area is 105 Å². The fourth-order valence-corrected chi connectivity index (χ4v) is 1.71. The highest BCUT2D eigenvalue weighted by Crippen LogP contribution is 2.25. The Morgan fingerprint density at radius 3 is 2.82 bits per heavy atom. The molecule has 94 valence electrons. The van der Waals surface area contributed by atoms with Crippen LogP contribution >= 0.6 is 11.6 Å². The van der Waals surface area contributed by atoms with Crippen LogP contribution < -0.4 is 10.6 Å². The summed E-state index contributed by atoms with van der Waals surface area (Å²) < 4.78 is 5.00. The van der Waals surface area contributed by atoms with E-state index in [0.29, 0.717) is 17.2 Å². The monoisotopic (exact) mass is 257 g/mol. The van der Waals surface area contributed by atoms with E-state index in [-0.39, 0.29) is 5.84 Å². The molecule has 1 aromatic rings. The molecule has 0 atom stereocenters. The van der Waals surface area contributed by atoms with Gasteiger partial charge in [0.1, 0.15) is 0 Å². The van der Waals surface area contributed by atoms with Gasteiger partial charge in [0, 0.05) is 26.3 Å². The number of hydrogen-bond acceptors (Lipinski definition) is 4. The van der Waals surface area contributed by atoms with Crippen molar-refractivity contribution in [3.05, 3.63) is 28.8 Å². The highest BCUT2D eigenvalue weighted by atomic mass is 35.5. The second-order valence-corrected chi connectivity index (χ2v) is 3.97. The smallest absolute Gasteiger partial charge is 0.170 e. The summed E-state index contributed by atoms with van der Waals surface area (Å²) in [5.41, 5.74) is 6.94. The summed E-state index contributed by atoms with van der Waals surface area (Å²) in [7, 11) is 3.57. The van der Waals surface area contributed by atoms with Gasteiger partial charge >= 0.3 is 0 Å². The van der Waals surface area contributed by atoms with Gasteiger partial charge in [-0.05, 0) is 18.2 Å². The van der Waals surface area contributed by atoms with Crippen LogP contribution in [-0.4, -0.2) is 38.4 Å². The lowest BCUT2D eigenvalue weighted by Gasteiger charge is -2.20. The number of nitrogens with zero attached hydrogens (tertiary/aromatic N) is 2. The highest BCUT2D eigenvalue weighted by Gasteiger charge is 2.08. The van der Waals surface area contributed by atoms with Crippen molar-refractivity contribution in [1.82, 2.24) is 0 Å². The summed E-state index contributed by atoms with van der Waals surface area (Å²) in [5, 5.41) is 12.0. The van der Waals surface area contributed by atoms with Crippen LogP contribution in [0.15, 0.2) is 23.4 Å². The summed E-state index contributed by atoms with van der Waals surface area (Å²) in [6.45, 7) is 1.36. The molecule has 1 rings (SSSR count). The Hall–Kier alpha value is -1.46. The average molecular weight is 258 g/mol. The van der Waals surface area contributed by atoms with E-state index in [1.807, 2.05) is 18.0 Å². The van der Waals surface area contributed by atoms with E-state index >= 15 is 0 Å². The van der Waals surface area contributed by atoms with Gasteiger partial charge in [-0.1, -0.05) is 16.8 Å². The van der Waals surface area contributed by atoms with Gasteiger partial charge in [0.05, 0.1) is 17.3 Å². The SMILES string of the molecule is COCCN(C)c1ccc(C(N)=NO)cc1Cl. The van der Waals surface area contributed by atoms with E-state index in [1.165, 1.54) is 0 Å². The van der Waals surface area contributed by atoms with Crippen molar-refractivity contribution in [3.8, 4) is 0 Å². The zero-order valence-corrected chi connectivity index (χ0v) is 10.6. The molecule has 0 bridgehead atoms. The Morgan fingerprint density at radius 2 is 2.29 bits per heavy atom. The molecular formula is C11H16ClN3O2. The zero-order valence-electron chi connectivity index (χ0n) is 9.85. The number of nitrogens with two attached hydrogens (primary N) is 1. The lowest BCUT2D eigenvalue weighted by atomic mass is 10.2. The van der Waals surface area contributed by atoms with Crippen molar-refractivity contribution in [3.63, 3.8) is 0 Å². The number of amidine groups is 1. The standard InChI is InChI=1S/C11H16ClN3O2/c1-15(5-6-17-2)10-4-3-8(7-9(10)12)11(13)14-16/h3-4,7,16H,5-6H2,1-2H3,(H2,13,14). The molecule has 3 N–H and O–H groups in total. The topological polar surface area (TPSA) is 71.1 Å². The van der Waals surface area contributed by atoms with Crippen LogP contribution in [0.1, 0.15) is 5.56 Å². The summed E-state index contributed by atoms with van der Waals surface area (Å²) >= 11 is 6.13. The van der Waals surface area contributed by atoms with Gasteiger partial charge in [-0.25, -0.2) is 0 Å². The normalized spacial score (nSPS) is 11.6. The summed E-state index contributed by atoms with van der Waals surface area (Å²) in [6, 6.07) is 5.24. The molecule has 0 unspecified atom stereocenters. The minimum Gasteiger partial charge on any atom is -0.409 e. The van der Waals surface area contributed by atoms with Crippen LogP contribution in [0.3, 0.4) is 0 Å². The third-order valence-corrected chi connectivity index (χ3v) is 2.70. The van der Waals surface area contributed by atoms with Gasteiger partial charge in [-0.3, -0.25) is 0 Å². The van der Waals surface area contributed by atoms with Crippen molar-refractivity contribution in [2.75, 3.05) is 32.2 Å². The average Bonchev–Trinajstić information content (AvgIpc) is 2.34. The molecule has 0 aliphatic rings.